The molecular weight excluding hydrogens is 703 g/mol. The molecule has 1 aliphatic carbocycles. The molecule has 2 aliphatic heterocycles. The van der Waals surface area contributed by atoms with Gasteiger partial charge >= 0.3 is 11.9 Å². The van der Waals surface area contributed by atoms with Crippen LogP contribution in [0.15, 0.2) is 65.6 Å². The molecule has 0 radical (unpaired) electrons. The van der Waals surface area contributed by atoms with Crippen LogP contribution in [0.1, 0.15) is 66.8 Å². The number of anilines is 2. The Hall–Kier alpha value is -5.51. The number of piperazine rings is 1. The average molecular weight is 744 g/mol. The van der Waals surface area contributed by atoms with Crippen molar-refractivity contribution in [1.82, 2.24) is 34.1 Å². The Bertz CT molecular complexity index is 2310. The molecule has 3 amide bonds. The number of halogens is 3. The van der Waals surface area contributed by atoms with Gasteiger partial charge in [-0.1, -0.05) is 12.1 Å². The molecule has 5 aromatic rings. The summed E-state index contributed by atoms with van der Waals surface area (Å²) in [6.07, 6.45) is 1.94. The number of carbonyl (C=O) groups is 3. The summed E-state index contributed by atoms with van der Waals surface area (Å²) in [5.41, 5.74) is 1.96. The number of fused-ring (bicyclic) bond motifs is 2. The fourth-order valence-electron chi connectivity index (χ4n) is 8.25. The van der Waals surface area contributed by atoms with E-state index in [-0.39, 0.29) is 29.8 Å². The van der Waals surface area contributed by atoms with E-state index >= 15 is 0 Å². The van der Waals surface area contributed by atoms with E-state index in [0.29, 0.717) is 23.5 Å². The number of hydrogen-bond acceptors (Lipinski definition) is 8. The molecule has 5 heterocycles. The third kappa shape index (κ3) is 6.85. The zero-order chi connectivity index (χ0) is 37.7. The van der Waals surface area contributed by atoms with Gasteiger partial charge in [0, 0.05) is 63.5 Å². The molecule has 3 fully saturated rings. The number of nitrogens with zero attached hydrogens (tertiary/aromatic N) is 7. The molecule has 2 aromatic carbocycles. The molecule has 16 heteroatoms. The number of imidazole rings is 1. The highest BCUT2D eigenvalue weighted by Crippen LogP contribution is 2.35. The molecule has 3 aliphatic rings. The first-order chi connectivity index (χ1) is 25.9. The van der Waals surface area contributed by atoms with Gasteiger partial charge in [0.25, 0.3) is 5.91 Å². The minimum atomic E-state index is -4.64. The van der Waals surface area contributed by atoms with Crippen LogP contribution in [0.3, 0.4) is 0 Å². The minimum Gasteiger partial charge on any atom is -0.367 e. The number of amides is 3. The number of pyridine rings is 1. The first-order valence-electron chi connectivity index (χ1n) is 18.3. The zero-order valence-corrected chi connectivity index (χ0v) is 29.7. The van der Waals surface area contributed by atoms with Crippen LogP contribution < -0.4 is 21.2 Å². The predicted molar refractivity (Wildman–Crippen MR) is 195 cm³/mol. The fraction of sp³-hybridized carbons (Fsp3) is 0.421. The third-order valence-electron chi connectivity index (χ3n) is 11.1. The number of carbonyl (C=O) groups excluding carboxylic acids is 3. The number of piperidine rings is 1. The SMILES string of the molecule is Cn1c(=O)n(C2CCC(=O)NC2=O)c2cccc(N3CCN(CC4CCC(n5cc6cc(NC(=O)c7cccc(C(F)(F)F)n7)ccc6n5)CC4)CC3)c21. The van der Waals surface area contributed by atoms with Gasteiger partial charge < -0.3 is 10.2 Å². The topological polar surface area (TPSA) is 139 Å². The molecule has 2 saturated heterocycles. The third-order valence-corrected chi connectivity index (χ3v) is 11.1. The van der Waals surface area contributed by atoms with Crippen molar-refractivity contribution in [3.63, 3.8) is 0 Å². The summed E-state index contributed by atoms with van der Waals surface area (Å²) in [5.74, 6) is -0.914. The van der Waals surface area contributed by atoms with E-state index in [1.165, 1.54) is 10.6 Å². The predicted octanol–water partition coefficient (Wildman–Crippen LogP) is 4.89. The van der Waals surface area contributed by atoms with Crippen molar-refractivity contribution in [3.8, 4) is 0 Å². The van der Waals surface area contributed by atoms with Gasteiger partial charge in [-0.3, -0.25) is 38.4 Å². The zero-order valence-electron chi connectivity index (χ0n) is 29.7. The summed E-state index contributed by atoms with van der Waals surface area (Å²) in [5, 5.41) is 10.6. The minimum absolute atomic E-state index is 0.198. The molecule has 3 aromatic heterocycles. The molecule has 1 atom stereocenters. The van der Waals surface area contributed by atoms with Crippen molar-refractivity contribution in [1.29, 1.82) is 0 Å². The molecule has 1 unspecified atom stereocenters. The maximum Gasteiger partial charge on any atom is 0.433 e. The van der Waals surface area contributed by atoms with Crippen LogP contribution in [0.5, 0.6) is 0 Å². The standard InChI is InChI=1S/C38H40F3N9O4/c1-46-34-29(5-3-6-30(34)50(37(46)54)31-14-15-33(51)44-36(31)53)48-18-16-47(17-19-48)21-23-8-11-26(12-9-23)49-22-24-20-25(10-13-27(24)45-49)42-35(52)28-4-2-7-32(43-28)38(39,40)41/h2-7,10,13,20,22-23,26,31H,8-9,11-12,14-19,21H2,1H3,(H,42,52)(H,44,51,53). The van der Waals surface area contributed by atoms with Gasteiger partial charge in [0.05, 0.1) is 28.3 Å². The van der Waals surface area contributed by atoms with E-state index in [0.717, 1.165) is 92.6 Å². The monoisotopic (exact) mass is 743 g/mol. The van der Waals surface area contributed by atoms with E-state index in [1.54, 1.807) is 29.8 Å². The summed E-state index contributed by atoms with van der Waals surface area (Å²) in [6.45, 7) is 4.42. The molecule has 282 valence electrons. The van der Waals surface area contributed by atoms with E-state index in [1.807, 2.05) is 29.1 Å². The largest absolute Gasteiger partial charge is 0.433 e. The lowest BCUT2D eigenvalue weighted by molar-refractivity contribution is -0.141. The van der Waals surface area contributed by atoms with Crippen molar-refractivity contribution >= 4 is 51.0 Å². The second-order valence-corrected chi connectivity index (χ2v) is 14.5. The molecule has 8 rings (SSSR count). The summed E-state index contributed by atoms with van der Waals surface area (Å²) >= 11 is 0. The van der Waals surface area contributed by atoms with Gasteiger partial charge in [-0.25, -0.2) is 9.78 Å². The Kier molecular flexibility index (Phi) is 9.24. The summed E-state index contributed by atoms with van der Waals surface area (Å²) in [4.78, 5) is 58.8. The fourth-order valence-corrected chi connectivity index (χ4v) is 8.25. The molecule has 2 N–H and O–H groups in total. The van der Waals surface area contributed by atoms with Crippen LogP contribution in [0.25, 0.3) is 21.9 Å². The number of imide groups is 1. The van der Waals surface area contributed by atoms with Gasteiger partial charge in [-0.2, -0.15) is 18.3 Å². The van der Waals surface area contributed by atoms with E-state index < -0.39 is 29.7 Å². The van der Waals surface area contributed by atoms with Gasteiger partial charge in [0.1, 0.15) is 17.4 Å². The Morgan fingerprint density at radius 2 is 1.70 bits per heavy atom. The second-order valence-electron chi connectivity index (χ2n) is 14.5. The number of aromatic nitrogens is 5. The number of aryl methyl sites for hydroxylation is 1. The Morgan fingerprint density at radius 1 is 0.944 bits per heavy atom. The molecule has 0 bridgehead atoms. The number of rotatable bonds is 7. The first kappa shape index (κ1) is 35.5. The van der Waals surface area contributed by atoms with Crippen LogP contribution in [0, 0.1) is 5.92 Å². The highest BCUT2D eigenvalue weighted by Gasteiger charge is 2.34. The highest BCUT2D eigenvalue weighted by atomic mass is 19.4. The van der Waals surface area contributed by atoms with Crippen molar-refractivity contribution in [2.45, 2.75) is 56.8 Å². The van der Waals surface area contributed by atoms with Crippen LogP contribution in [-0.4, -0.2) is 79.2 Å². The number of alkyl halides is 3. The summed E-state index contributed by atoms with van der Waals surface area (Å²) < 4.78 is 44.4. The highest BCUT2D eigenvalue weighted by molar-refractivity contribution is 6.04. The Balaban J connectivity index is 0.857. The summed E-state index contributed by atoms with van der Waals surface area (Å²) in [7, 11) is 1.73. The lowest BCUT2D eigenvalue weighted by atomic mass is 9.85. The maximum atomic E-state index is 13.4. The number of benzene rings is 2. The Morgan fingerprint density at radius 3 is 2.44 bits per heavy atom. The van der Waals surface area contributed by atoms with E-state index in [2.05, 4.69) is 25.4 Å². The number of para-hydroxylation sites is 1. The number of hydrogen-bond donors (Lipinski definition) is 2. The van der Waals surface area contributed by atoms with Crippen LogP contribution in [-0.2, 0) is 22.8 Å². The second kappa shape index (κ2) is 14.0. The lowest BCUT2D eigenvalue weighted by Crippen LogP contribution is -2.48. The molecule has 13 nitrogen and oxygen atoms in total. The maximum absolute atomic E-state index is 13.4. The van der Waals surface area contributed by atoms with E-state index in [9.17, 15) is 32.3 Å². The van der Waals surface area contributed by atoms with Gasteiger partial charge in [-0.05, 0) is 80.5 Å². The van der Waals surface area contributed by atoms with Crippen molar-refractivity contribution in [3.05, 3.63) is 82.7 Å². The van der Waals surface area contributed by atoms with Gasteiger partial charge in [-0.15, -0.1) is 0 Å². The first-order valence-corrected chi connectivity index (χ1v) is 18.3. The Labute approximate surface area is 307 Å². The number of nitrogens with one attached hydrogen (secondary N) is 2. The van der Waals surface area contributed by atoms with Crippen LogP contribution in [0.4, 0.5) is 24.5 Å². The van der Waals surface area contributed by atoms with E-state index in [4.69, 9.17) is 5.10 Å². The average Bonchev–Trinajstić information content (AvgIpc) is 3.70. The molecule has 1 saturated carbocycles. The quantitative estimate of drug-likeness (QED) is 0.225. The van der Waals surface area contributed by atoms with Crippen molar-refractivity contribution in [2.75, 3.05) is 42.9 Å². The van der Waals surface area contributed by atoms with Crippen molar-refractivity contribution < 1.29 is 27.6 Å². The normalized spacial score (nSPS) is 21.5. The lowest BCUT2D eigenvalue weighted by Gasteiger charge is -2.39. The van der Waals surface area contributed by atoms with Gasteiger partial charge in [0.15, 0.2) is 0 Å². The summed E-state index contributed by atoms with van der Waals surface area (Å²) in [6, 6.07) is 13.8. The van der Waals surface area contributed by atoms with Crippen molar-refractivity contribution in [2.24, 2.45) is 13.0 Å². The molecular formula is C38H40F3N9O4. The van der Waals surface area contributed by atoms with Crippen LogP contribution in [0.2, 0.25) is 0 Å². The smallest absolute Gasteiger partial charge is 0.367 e. The molecule has 54 heavy (non-hydrogen) atoms. The van der Waals surface area contributed by atoms with Crippen LogP contribution >= 0.6 is 0 Å². The molecule has 0 spiro atoms. The van der Waals surface area contributed by atoms with Gasteiger partial charge in [0.2, 0.25) is 11.8 Å².